The summed E-state index contributed by atoms with van der Waals surface area (Å²) in [6, 6.07) is 0. The molecule has 0 amide bonds. The van der Waals surface area contributed by atoms with Gasteiger partial charge in [-0.1, -0.05) is 25.5 Å². The Labute approximate surface area is 188 Å². The summed E-state index contributed by atoms with van der Waals surface area (Å²) in [5, 5.41) is 11.5. The Kier molecular flexibility index (Phi) is 5.01. The molecule has 3 saturated carbocycles. The highest BCUT2D eigenvalue weighted by molar-refractivity contribution is 5.93. The zero-order chi connectivity index (χ0) is 22.9. The van der Waals surface area contributed by atoms with Gasteiger partial charge >= 0.3 is 5.97 Å². The molecule has 6 atom stereocenters. The summed E-state index contributed by atoms with van der Waals surface area (Å²) in [7, 11) is 0. The molecule has 7 heteroatoms. The fourth-order valence-corrected chi connectivity index (χ4v) is 7.93. The van der Waals surface area contributed by atoms with Gasteiger partial charge in [-0.3, -0.25) is 14.4 Å². The van der Waals surface area contributed by atoms with Crippen molar-refractivity contribution >= 4 is 17.5 Å². The lowest BCUT2D eigenvalue weighted by molar-refractivity contribution is -0.190. The minimum Gasteiger partial charge on any atom is -0.458 e. The fourth-order valence-electron chi connectivity index (χ4n) is 7.93. The van der Waals surface area contributed by atoms with Crippen LogP contribution < -0.4 is 0 Å². The highest BCUT2D eigenvalue weighted by Crippen LogP contribution is 2.67. The molecule has 4 aliphatic carbocycles. The summed E-state index contributed by atoms with van der Waals surface area (Å²) in [5.74, 6) is -1.36. The average Bonchev–Trinajstić information content (AvgIpc) is 3.29. The van der Waals surface area contributed by atoms with Crippen molar-refractivity contribution in [2.45, 2.75) is 77.1 Å². The molecule has 32 heavy (non-hydrogen) atoms. The maximum atomic E-state index is 13.7. The van der Waals surface area contributed by atoms with Gasteiger partial charge in [0.05, 0.1) is 13.2 Å². The van der Waals surface area contributed by atoms with Gasteiger partial charge in [0.2, 0.25) is 5.78 Å². The minimum absolute atomic E-state index is 0.0703. The van der Waals surface area contributed by atoms with Crippen molar-refractivity contribution in [1.82, 2.24) is 0 Å². The highest BCUT2D eigenvalue weighted by atomic mass is 16.7. The number of aliphatic hydroxyl groups is 1. The molecule has 176 valence electrons. The zero-order valence-corrected chi connectivity index (χ0v) is 19.3. The Morgan fingerprint density at radius 1 is 1.16 bits per heavy atom. The molecule has 1 N–H and O–H groups in total. The van der Waals surface area contributed by atoms with Crippen LogP contribution in [0.5, 0.6) is 0 Å². The third-order valence-electron chi connectivity index (χ3n) is 9.64. The van der Waals surface area contributed by atoms with Gasteiger partial charge in [0.1, 0.15) is 11.4 Å². The first-order valence-corrected chi connectivity index (χ1v) is 11.9. The van der Waals surface area contributed by atoms with Crippen molar-refractivity contribution in [3.8, 4) is 0 Å². The fraction of sp³-hybridized carbons (Fsp3) is 0.800. The van der Waals surface area contributed by atoms with Gasteiger partial charge in [-0.25, -0.2) is 0 Å². The second-order valence-corrected chi connectivity index (χ2v) is 11.1. The number of fused-ring (bicyclic) bond motifs is 5. The minimum atomic E-state index is -1.64. The molecule has 5 rings (SSSR count). The van der Waals surface area contributed by atoms with Gasteiger partial charge in [-0.05, 0) is 42.9 Å². The van der Waals surface area contributed by atoms with Crippen molar-refractivity contribution in [2.75, 3.05) is 19.8 Å². The van der Waals surface area contributed by atoms with Crippen LogP contribution in [0.4, 0.5) is 0 Å². The van der Waals surface area contributed by atoms with Crippen molar-refractivity contribution in [2.24, 2.45) is 28.6 Å². The van der Waals surface area contributed by atoms with Gasteiger partial charge in [-0.15, -0.1) is 0 Å². The van der Waals surface area contributed by atoms with E-state index in [0.29, 0.717) is 32.5 Å². The average molecular weight is 447 g/mol. The monoisotopic (exact) mass is 446 g/mol. The molecule has 5 aliphatic rings. The molecule has 0 radical (unpaired) electrons. The second-order valence-electron chi connectivity index (χ2n) is 11.1. The number of hydrogen-bond acceptors (Lipinski definition) is 7. The van der Waals surface area contributed by atoms with E-state index >= 15 is 0 Å². The van der Waals surface area contributed by atoms with Gasteiger partial charge in [0.25, 0.3) is 0 Å². The zero-order valence-electron chi connectivity index (χ0n) is 19.3. The summed E-state index contributed by atoms with van der Waals surface area (Å²) in [5.41, 5.74) is -1.44. The summed E-state index contributed by atoms with van der Waals surface area (Å²) < 4.78 is 16.8. The van der Waals surface area contributed by atoms with E-state index in [1.165, 1.54) is 12.5 Å². The Balaban J connectivity index is 1.44. The molecule has 1 heterocycles. The first-order chi connectivity index (χ1) is 15.0. The molecule has 0 aromatic rings. The number of allylic oxidation sites excluding steroid dienone is 1. The van der Waals surface area contributed by atoms with Gasteiger partial charge in [0, 0.05) is 37.5 Å². The van der Waals surface area contributed by atoms with Crippen LogP contribution >= 0.6 is 0 Å². The molecule has 0 aromatic carbocycles. The molecule has 5 unspecified atom stereocenters. The molecular weight excluding hydrogens is 412 g/mol. The van der Waals surface area contributed by atoms with Crippen LogP contribution in [0.25, 0.3) is 0 Å². The third kappa shape index (κ3) is 2.93. The second kappa shape index (κ2) is 7.21. The smallest absolute Gasteiger partial charge is 0.303 e. The van der Waals surface area contributed by atoms with E-state index in [2.05, 4.69) is 13.0 Å². The number of rotatable bonds is 3. The van der Waals surface area contributed by atoms with Crippen LogP contribution in [0.3, 0.4) is 0 Å². The summed E-state index contributed by atoms with van der Waals surface area (Å²) in [6.45, 7) is 6.14. The quantitative estimate of drug-likeness (QED) is 0.526. The van der Waals surface area contributed by atoms with Crippen molar-refractivity contribution in [3.63, 3.8) is 0 Å². The number of esters is 1. The molecule has 0 aromatic heterocycles. The predicted octanol–water partition coefficient (Wildman–Crippen LogP) is 2.73. The largest absolute Gasteiger partial charge is 0.458 e. The molecule has 0 bridgehead atoms. The summed E-state index contributed by atoms with van der Waals surface area (Å²) in [6.07, 6.45) is 6.57. The molecule has 4 fully saturated rings. The highest BCUT2D eigenvalue weighted by Gasteiger charge is 2.68. The van der Waals surface area contributed by atoms with Crippen LogP contribution in [0.15, 0.2) is 11.6 Å². The van der Waals surface area contributed by atoms with E-state index in [0.717, 1.165) is 19.3 Å². The molecule has 1 aliphatic heterocycles. The van der Waals surface area contributed by atoms with Crippen LogP contribution in [0, 0.1) is 28.6 Å². The predicted molar refractivity (Wildman–Crippen MR) is 113 cm³/mol. The lowest BCUT2D eigenvalue weighted by Gasteiger charge is -2.58. The SMILES string of the molecule is CC(=O)OCC(=O)[C@@]1(O)CCC2C3CC=C4CC5(CCC4(C)C3C(=O)CC21C)OCCO5. The Bertz CT molecular complexity index is 887. The normalized spacial score (nSPS) is 44.4. The molecule has 7 nitrogen and oxygen atoms in total. The van der Waals surface area contributed by atoms with Crippen LogP contribution in [-0.4, -0.2) is 53.9 Å². The lowest BCUT2D eigenvalue weighted by atomic mass is 9.46. The van der Waals surface area contributed by atoms with Crippen LogP contribution in [0.2, 0.25) is 0 Å². The summed E-state index contributed by atoms with van der Waals surface area (Å²) >= 11 is 0. The summed E-state index contributed by atoms with van der Waals surface area (Å²) in [4.78, 5) is 37.9. The number of carbonyl (C=O) groups is 3. The maximum Gasteiger partial charge on any atom is 0.303 e. The lowest BCUT2D eigenvalue weighted by Crippen LogP contribution is -2.61. The van der Waals surface area contributed by atoms with E-state index in [4.69, 9.17) is 14.2 Å². The van der Waals surface area contributed by atoms with Gasteiger partial charge < -0.3 is 19.3 Å². The van der Waals surface area contributed by atoms with Crippen molar-refractivity contribution < 1.29 is 33.7 Å². The van der Waals surface area contributed by atoms with E-state index in [1.54, 1.807) is 0 Å². The number of hydrogen-bond donors (Lipinski definition) is 1. The van der Waals surface area contributed by atoms with Crippen molar-refractivity contribution in [1.29, 1.82) is 0 Å². The molecule has 1 saturated heterocycles. The number of carbonyl (C=O) groups excluding carboxylic acids is 3. The standard InChI is InChI=1S/C25H34O7/c1-15(26)30-14-20(28)25(29)7-6-18-17-5-4-16-12-24(31-10-11-32-24)9-8-22(16,2)21(17)19(27)13-23(18,25)3/h4,17-18,21,29H,5-14H2,1-3H3/t17?,18?,21?,22?,23?,25-/m0/s1. The van der Waals surface area contributed by atoms with E-state index < -0.39 is 35.2 Å². The number of Topliss-reactive ketones (excluding diaryl/α,β-unsaturated/α-hetero) is 2. The Morgan fingerprint density at radius 2 is 1.88 bits per heavy atom. The van der Waals surface area contributed by atoms with Gasteiger partial charge in [0.15, 0.2) is 12.4 Å². The first kappa shape index (κ1) is 22.2. The van der Waals surface area contributed by atoms with E-state index in [9.17, 15) is 19.5 Å². The first-order valence-electron chi connectivity index (χ1n) is 11.9. The van der Waals surface area contributed by atoms with E-state index in [-0.39, 0.29) is 35.4 Å². The Morgan fingerprint density at radius 3 is 2.56 bits per heavy atom. The number of ketones is 2. The van der Waals surface area contributed by atoms with E-state index in [1.807, 2.05) is 6.92 Å². The number of ether oxygens (including phenoxy) is 3. The van der Waals surface area contributed by atoms with Crippen LogP contribution in [-0.2, 0) is 28.6 Å². The third-order valence-corrected chi connectivity index (χ3v) is 9.64. The molecule has 1 spiro atoms. The molecular formula is C25H34O7. The Hall–Kier alpha value is -1.57. The maximum absolute atomic E-state index is 13.7. The topological polar surface area (TPSA) is 99.1 Å². The van der Waals surface area contributed by atoms with Crippen LogP contribution in [0.1, 0.15) is 65.7 Å². The van der Waals surface area contributed by atoms with Crippen molar-refractivity contribution in [3.05, 3.63) is 11.6 Å². The van der Waals surface area contributed by atoms with Gasteiger partial charge in [-0.2, -0.15) is 0 Å².